The smallest absolute Gasteiger partial charge is 0.360 e. The predicted molar refractivity (Wildman–Crippen MR) is 62.5 cm³/mol. The number of esters is 1. The van der Waals surface area contributed by atoms with E-state index in [0.29, 0.717) is 29.7 Å². The largest absolute Gasteiger partial charge is 0.461 e. The van der Waals surface area contributed by atoms with Gasteiger partial charge in [0.25, 0.3) is 0 Å². The maximum atomic E-state index is 11.7. The van der Waals surface area contributed by atoms with E-state index in [0.717, 1.165) is 0 Å². The van der Waals surface area contributed by atoms with Crippen molar-refractivity contribution >= 4 is 11.7 Å². The molecule has 19 heavy (non-hydrogen) atoms. The van der Waals surface area contributed by atoms with Crippen molar-refractivity contribution in [2.45, 2.75) is 26.2 Å². The summed E-state index contributed by atoms with van der Waals surface area (Å²) in [6.45, 7) is 1.77. The number of hydrogen-bond acceptors (Lipinski definition) is 7. The van der Waals surface area contributed by atoms with Gasteiger partial charge in [-0.25, -0.2) is 9.78 Å². The molecule has 0 saturated heterocycles. The lowest BCUT2D eigenvalue weighted by atomic mass is 9.98. The molecule has 3 N–H and O–H groups in total. The van der Waals surface area contributed by atoms with Crippen LogP contribution >= 0.6 is 0 Å². The first kappa shape index (κ1) is 13.1. The van der Waals surface area contributed by atoms with Crippen molar-refractivity contribution in [2.24, 2.45) is 5.16 Å². The van der Waals surface area contributed by atoms with Gasteiger partial charge in [0, 0.05) is 0 Å². The maximum Gasteiger partial charge on any atom is 0.360 e. The molecule has 0 fully saturated rings. The fraction of sp³-hybridized carbons (Fsp3) is 0.455. The van der Waals surface area contributed by atoms with E-state index >= 15 is 0 Å². The van der Waals surface area contributed by atoms with Crippen molar-refractivity contribution in [3.63, 3.8) is 0 Å². The number of oxime groups is 1. The highest BCUT2D eigenvalue weighted by Crippen LogP contribution is 2.18. The Labute approximate surface area is 108 Å². The minimum atomic E-state index is -0.791. The van der Waals surface area contributed by atoms with Crippen LogP contribution in [0.3, 0.4) is 0 Å². The zero-order chi connectivity index (χ0) is 14.0. The van der Waals surface area contributed by atoms with Crippen LogP contribution in [0.4, 0.5) is 0 Å². The number of carbonyl (C=O) groups excluding carboxylic acids is 1. The van der Waals surface area contributed by atoms with E-state index in [-0.39, 0.29) is 23.7 Å². The highest BCUT2D eigenvalue weighted by molar-refractivity contribution is 6.01. The van der Waals surface area contributed by atoms with Crippen LogP contribution in [0.15, 0.2) is 5.16 Å². The van der Waals surface area contributed by atoms with Crippen LogP contribution < -0.4 is 5.49 Å². The van der Waals surface area contributed by atoms with Gasteiger partial charge in [-0.15, -0.1) is 0 Å². The standard InChI is InChI=1S/C11H14N4O4/c1-2-19-11(16)9-10(12)15(18)7-5-3-4-6(14-17)8(7)13-9/h12,17-18H,2-5H2,1H3/b12-10?,14-6-. The molecular weight excluding hydrogens is 252 g/mol. The summed E-state index contributed by atoms with van der Waals surface area (Å²) in [4.78, 5) is 15.7. The molecule has 0 aliphatic heterocycles. The minimum absolute atomic E-state index is 0.142. The van der Waals surface area contributed by atoms with Crippen molar-refractivity contribution in [1.82, 2.24) is 9.71 Å². The van der Waals surface area contributed by atoms with Gasteiger partial charge in [0.15, 0.2) is 11.2 Å². The molecule has 0 radical (unpaired) electrons. The third-order valence-corrected chi connectivity index (χ3v) is 2.88. The van der Waals surface area contributed by atoms with E-state index in [2.05, 4.69) is 10.1 Å². The molecule has 0 atom stereocenters. The normalized spacial score (nSPS) is 16.2. The second kappa shape index (κ2) is 5.09. The van der Waals surface area contributed by atoms with Gasteiger partial charge in [-0.3, -0.25) is 5.41 Å². The van der Waals surface area contributed by atoms with Gasteiger partial charge in [0.05, 0.1) is 12.3 Å². The van der Waals surface area contributed by atoms with E-state index in [1.165, 1.54) is 0 Å². The summed E-state index contributed by atoms with van der Waals surface area (Å²) < 4.78 is 5.37. The van der Waals surface area contributed by atoms with Gasteiger partial charge in [-0.1, -0.05) is 5.16 Å². The fourth-order valence-electron chi connectivity index (χ4n) is 2.00. The summed E-state index contributed by atoms with van der Waals surface area (Å²) in [7, 11) is 0. The van der Waals surface area contributed by atoms with Crippen molar-refractivity contribution in [3.05, 3.63) is 22.6 Å². The molecule has 1 aromatic rings. The maximum absolute atomic E-state index is 11.7. The van der Waals surface area contributed by atoms with Crippen LogP contribution in [0.1, 0.15) is 41.6 Å². The number of ether oxygens (including phenoxy) is 1. The molecule has 0 bridgehead atoms. The lowest BCUT2D eigenvalue weighted by Gasteiger charge is -2.18. The summed E-state index contributed by atoms with van der Waals surface area (Å²) in [5.74, 6) is -0.791. The SMILES string of the molecule is CCOC(=O)c1nc2c(n(O)c1=N)CCC/C2=N/O. The molecule has 102 valence electrons. The zero-order valence-electron chi connectivity index (χ0n) is 10.4. The molecule has 0 saturated carbocycles. The van der Waals surface area contributed by atoms with Gasteiger partial charge in [0.2, 0.25) is 0 Å². The second-order valence-electron chi connectivity index (χ2n) is 4.04. The lowest BCUT2D eigenvalue weighted by Crippen LogP contribution is -2.34. The minimum Gasteiger partial charge on any atom is -0.461 e. The molecule has 2 rings (SSSR count). The molecule has 0 unspecified atom stereocenters. The summed E-state index contributed by atoms with van der Waals surface area (Å²) >= 11 is 0. The van der Waals surface area contributed by atoms with E-state index in [4.69, 9.17) is 15.4 Å². The first-order valence-corrected chi connectivity index (χ1v) is 5.88. The summed E-state index contributed by atoms with van der Waals surface area (Å²) in [6, 6.07) is 0. The number of aromatic nitrogens is 2. The van der Waals surface area contributed by atoms with Crippen LogP contribution in [0.2, 0.25) is 0 Å². The number of hydrogen-bond donors (Lipinski definition) is 3. The van der Waals surface area contributed by atoms with Crippen molar-refractivity contribution in [2.75, 3.05) is 6.61 Å². The van der Waals surface area contributed by atoms with E-state index in [1.807, 2.05) is 0 Å². The van der Waals surface area contributed by atoms with Gasteiger partial charge < -0.3 is 15.2 Å². The second-order valence-corrected chi connectivity index (χ2v) is 4.04. The lowest BCUT2D eigenvalue weighted by molar-refractivity contribution is 0.0506. The number of carbonyl (C=O) groups is 1. The Morgan fingerprint density at radius 2 is 2.32 bits per heavy atom. The number of rotatable bonds is 2. The highest BCUT2D eigenvalue weighted by Gasteiger charge is 2.25. The van der Waals surface area contributed by atoms with Crippen molar-refractivity contribution in [3.8, 4) is 0 Å². The number of nitrogens with one attached hydrogen (secondary N) is 1. The molecule has 8 nitrogen and oxygen atoms in total. The van der Waals surface area contributed by atoms with Crippen LogP contribution in [0.5, 0.6) is 0 Å². The monoisotopic (exact) mass is 266 g/mol. The Morgan fingerprint density at radius 1 is 1.58 bits per heavy atom. The predicted octanol–water partition coefficient (Wildman–Crippen LogP) is 0.291. The van der Waals surface area contributed by atoms with E-state index in [9.17, 15) is 10.0 Å². The third-order valence-electron chi connectivity index (χ3n) is 2.88. The zero-order valence-corrected chi connectivity index (χ0v) is 10.4. The Hall–Kier alpha value is -2.38. The number of fused-ring (bicyclic) bond motifs is 1. The molecule has 1 heterocycles. The first-order chi connectivity index (χ1) is 9.10. The molecule has 8 heteroatoms. The average molecular weight is 266 g/mol. The Bertz CT molecular complexity index is 605. The Morgan fingerprint density at radius 3 is 2.95 bits per heavy atom. The molecule has 0 amide bonds. The summed E-state index contributed by atoms with van der Waals surface area (Å²) in [6.07, 6.45) is 1.66. The topological polar surface area (TPSA) is 121 Å². The molecule has 1 aliphatic rings. The van der Waals surface area contributed by atoms with Crippen LogP contribution in [-0.2, 0) is 11.2 Å². The van der Waals surface area contributed by atoms with Crippen LogP contribution in [0, 0.1) is 5.41 Å². The van der Waals surface area contributed by atoms with Crippen LogP contribution in [0.25, 0.3) is 0 Å². The first-order valence-electron chi connectivity index (χ1n) is 5.88. The molecule has 1 aliphatic carbocycles. The van der Waals surface area contributed by atoms with Gasteiger partial charge in [0.1, 0.15) is 11.4 Å². The molecule has 0 spiro atoms. The molecule has 0 aromatic carbocycles. The fourth-order valence-corrected chi connectivity index (χ4v) is 2.00. The third kappa shape index (κ3) is 2.16. The highest BCUT2D eigenvalue weighted by atomic mass is 16.5. The quantitative estimate of drug-likeness (QED) is 0.307. The number of nitrogens with zero attached hydrogens (tertiary/aromatic N) is 3. The molecule has 1 aromatic heterocycles. The summed E-state index contributed by atoms with van der Waals surface area (Å²) in [5.41, 5.74) is 0.143. The van der Waals surface area contributed by atoms with Gasteiger partial charge in [-0.2, -0.15) is 4.73 Å². The Balaban J connectivity index is 2.63. The molecular formula is C11H14N4O4. The van der Waals surface area contributed by atoms with Crippen LogP contribution in [-0.4, -0.2) is 38.4 Å². The van der Waals surface area contributed by atoms with Crippen molar-refractivity contribution < 1.29 is 19.9 Å². The summed E-state index contributed by atoms with van der Waals surface area (Å²) in [5, 5.41) is 29.7. The van der Waals surface area contributed by atoms with Gasteiger partial charge in [-0.05, 0) is 26.2 Å². The van der Waals surface area contributed by atoms with Crippen molar-refractivity contribution in [1.29, 1.82) is 5.41 Å². The van der Waals surface area contributed by atoms with Gasteiger partial charge >= 0.3 is 5.97 Å². The average Bonchev–Trinajstić information content (AvgIpc) is 2.42. The van der Waals surface area contributed by atoms with E-state index < -0.39 is 11.5 Å². The Kier molecular flexibility index (Phi) is 3.50. The van der Waals surface area contributed by atoms with E-state index in [1.54, 1.807) is 6.92 Å².